The van der Waals surface area contributed by atoms with Crippen LogP contribution in [0.15, 0.2) is 24.3 Å². The van der Waals surface area contributed by atoms with E-state index in [9.17, 15) is 4.39 Å². The van der Waals surface area contributed by atoms with Crippen molar-refractivity contribution in [1.29, 1.82) is 0 Å². The summed E-state index contributed by atoms with van der Waals surface area (Å²) in [7, 11) is 3.73. The standard InChI is InChI=1S/C17H21FN2O/c1-20(8-7-12-3-4-12)17-10-14(11-21-2)19-16-6-5-13(18)9-15(16)17/h5-6,9-10,12H,3-4,7-8,11H2,1-2H3. The van der Waals surface area contributed by atoms with Gasteiger partial charge < -0.3 is 9.64 Å². The molecule has 21 heavy (non-hydrogen) atoms. The van der Waals surface area contributed by atoms with Crippen LogP contribution in [0.1, 0.15) is 25.0 Å². The van der Waals surface area contributed by atoms with Crippen LogP contribution in [-0.4, -0.2) is 25.7 Å². The quantitative estimate of drug-likeness (QED) is 0.809. The van der Waals surface area contributed by atoms with Gasteiger partial charge in [-0.3, -0.25) is 4.98 Å². The molecule has 1 fully saturated rings. The highest BCUT2D eigenvalue weighted by atomic mass is 19.1. The van der Waals surface area contributed by atoms with Crippen LogP contribution >= 0.6 is 0 Å². The van der Waals surface area contributed by atoms with E-state index in [4.69, 9.17) is 4.74 Å². The summed E-state index contributed by atoms with van der Waals surface area (Å²) in [4.78, 5) is 6.75. The molecule has 0 N–H and O–H groups in total. The zero-order valence-electron chi connectivity index (χ0n) is 12.6. The lowest BCUT2D eigenvalue weighted by Gasteiger charge is -2.22. The molecule has 1 heterocycles. The molecule has 1 aromatic carbocycles. The maximum atomic E-state index is 13.6. The van der Waals surface area contributed by atoms with Crippen molar-refractivity contribution < 1.29 is 9.13 Å². The van der Waals surface area contributed by atoms with Gasteiger partial charge in [0.05, 0.1) is 17.8 Å². The number of ether oxygens (including phenoxy) is 1. The van der Waals surface area contributed by atoms with Crippen molar-refractivity contribution in [2.45, 2.75) is 25.9 Å². The first-order valence-corrected chi connectivity index (χ1v) is 7.46. The third-order valence-electron chi connectivity index (χ3n) is 4.08. The third-order valence-corrected chi connectivity index (χ3v) is 4.08. The molecule has 0 atom stereocenters. The second-order valence-corrected chi connectivity index (χ2v) is 5.88. The fourth-order valence-electron chi connectivity index (χ4n) is 2.67. The summed E-state index contributed by atoms with van der Waals surface area (Å²) >= 11 is 0. The van der Waals surface area contributed by atoms with Crippen LogP contribution in [0.3, 0.4) is 0 Å². The van der Waals surface area contributed by atoms with E-state index in [0.29, 0.717) is 6.61 Å². The lowest BCUT2D eigenvalue weighted by molar-refractivity contribution is 0.182. The van der Waals surface area contributed by atoms with Crippen molar-refractivity contribution in [3.8, 4) is 0 Å². The van der Waals surface area contributed by atoms with Crippen molar-refractivity contribution in [3.63, 3.8) is 0 Å². The van der Waals surface area contributed by atoms with Crippen LogP contribution in [0, 0.1) is 11.7 Å². The number of anilines is 1. The fraction of sp³-hybridized carbons (Fsp3) is 0.471. The van der Waals surface area contributed by atoms with Gasteiger partial charge in [0.1, 0.15) is 5.82 Å². The summed E-state index contributed by atoms with van der Waals surface area (Å²) in [6.07, 6.45) is 3.91. The van der Waals surface area contributed by atoms with Gasteiger partial charge in [-0.25, -0.2) is 4.39 Å². The molecule has 1 aromatic heterocycles. The summed E-state index contributed by atoms with van der Waals surface area (Å²) in [6, 6.07) is 6.78. The van der Waals surface area contributed by atoms with E-state index in [2.05, 4.69) is 16.9 Å². The second-order valence-electron chi connectivity index (χ2n) is 5.88. The average Bonchev–Trinajstić information content (AvgIpc) is 3.29. The predicted molar refractivity (Wildman–Crippen MR) is 83.0 cm³/mol. The van der Waals surface area contributed by atoms with Crippen LogP contribution in [0.4, 0.5) is 10.1 Å². The molecule has 1 saturated carbocycles. The van der Waals surface area contributed by atoms with Gasteiger partial charge in [-0.05, 0) is 36.6 Å². The largest absolute Gasteiger partial charge is 0.378 e. The molecule has 2 aromatic rings. The Kier molecular flexibility index (Phi) is 4.06. The minimum Gasteiger partial charge on any atom is -0.378 e. The Balaban J connectivity index is 1.97. The highest BCUT2D eigenvalue weighted by Crippen LogP contribution is 2.34. The monoisotopic (exact) mass is 288 g/mol. The number of methoxy groups -OCH3 is 1. The number of aromatic nitrogens is 1. The van der Waals surface area contributed by atoms with E-state index in [1.54, 1.807) is 19.2 Å². The SMILES string of the molecule is COCc1cc(N(C)CCC2CC2)c2cc(F)ccc2n1. The molecule has 0 unspecified atom stereocenters. The number of rotatable bonds is 6. The molecular weight excluding hydrogens is 267 g/mol. The summed E-state index contributed by atoms with van der Waals surface area (Å²) in [5.41, 5.74) is 2.73. The smallest absolute Gasteiger partial charge is 0.124 e. The minimum atomic E-state index is -0.222. The molecule has 0 amide bonds. The molecular formula is C17H21FN2O. The summed E-state index contributed by atoms with van der Waals surface area (Å²) in [5, 5.41) is 0.869. The molecule has 4 heteroatoms. The van der Waals surface area contributed by atoms with Crippen LogP contribution in [0.2, 0.25) is 0 Å². The Morgan fingerprint density at radius 3 is 2.86 bits per heavy atom. The van der Waals surface area contributed by atoms with Gasteiger partial charge in [-0.1, -0.05) is 12.8 Å². The van der Waals surface area contributed by atoms with Gasteiger partial charge in [-0.2, -0.15) is 0 Å². The van der Waals surface area contributed by atoms with E-state index >= 15 is 0 Å². The number of nitrogens with zero attached hydrogens (tertiary/aromatic N) is 2. The van der Waals surface area contributed by atoms with Gasteiger partial charge >= 0.3 is 0 Å². The maximum Gasteiger partial charge on any atom is 0.124 e. The molecule has 1 aliphatic carbocycles. The Labute approximate surface area is 124 Å². The highest BCUT2D eigenvalue weighted by molar-refractivity contribution is 5.92. The number of fused-ring (bicyclic) bond motifs is 1. The maximum absolute atomic E-state index is 13.6. The van der Waals surface area contributed by atoms with Crippen molar-refractivity contribution >= 4 is 16.6 Å². The topological polar surface area (TPSA) is 25.4 Å². The number of hydrogen-bond acceptors (Lipinski definition) is 3. The zero-order valence-corrected chi connectivity index (χ0v) is 12.6. The van der Waals surface area contributed by atoms with Crippen molar-refractivity contribution in [2.75, 3.05) is 25.6 Å². The van der Waals surface area contributed by atoms with Gasteiger partial charge in [0.2, 0.25) is 0 Å². The van der Waals surface area contributed by atoms with Gasteiger partial charge in [-0.15, -0.1) is 0 Å². The second kappa shape index (κ2) is 5.98. The first-order chi connectivity index (χ1) is 10.2. The Bertz CT molecular complexity index is 640. The normalized spacial score (nSPS) is 14.6. The Morgan fingerprint density at radius 1 is 1.33 bits per heavy atom. The van der Waals surface area contributed by atoms with E-state index in [1.165, 1.54) is 25.3 Å². The first-order valence-electron chi connectivity index (χ1n) is 7.46. The van der Waals surface area contributed by atoms with E-state index < -0.39 is 0 Å². The van der Waals surface area contributed by atoms with Gasteiger partial charge in [0.15, 0.2) is 0 Å². The molecule has 0 radical (unpaired) electrons. The molecule has 3 rings (SSSR count). The predicted octanol–water partition coefficient (Wildman–Crippen LogP) is 3.76. The van der Waals surface area contributed by atoms with Crippen molar-refractivity contribution in [1.82, 2.24) is 4.98 Å². The molecule has 112 valence electrons. The average molecular weight is 288 g/mol. The molecule has 0 spiro atoms. The van der Waals surface area contributed by atoms with Crippen molar-refractivity contribution in [3.05, 3.63) is 35.8 Å². The summed E-state index contributed by atoms with van der Waals surface area (Å²) in [5.74, 6) is 0.663. The Morgan fingerprint density at radius 2 is 2.14 bits per heavy atom. The Hall–Kier alpha value is -1.68. The fourth-order valence-corrected chi connectivity index (χ4v) is 2.67. The summed E-state index contributed by atoms with van der Waals surface area (Å²) < 4.78 is 18.8. The van der Waals surface area contributed by atoms with E-state index in [-0.39, 0.29) is 5.82 Å². The van der Waals surface area contributed by atoms with Gasteiger partial charge in [0, 0.05) is 31.8 Å². The highest BCUT2D eigenvalue weighted by Gasteiger charge is 2.21. The zero-order chi connectivity index (χ0) is 14.8. The lowest BCUT2D eigenvalue weighted by atomic mass is 10.1. The number of hydrogen-bond donors (Lipinski definition) is 0. The van der Waals surface area contributed by atoms with Crippen LogP contribution < -0.4 is 4.90 Å². The van der Waals surface area contributed by atoms with Crippen LogP contribution in [0.25, 0.3) is 10.9 Å². The number of halogens is 1. The number of benzene rings is 1. The summed E-state index contributed by atoms with van der Waals surface area (Å²) in [6.45, 7) is 1.46. The third kappa shape index (κ3) is 3.32. The van der Waals surface area contributed by atoms with E-state index in [1.807, 2.05) is 6.07 Å². The van der Waals surface area contributed by atoms with E-state index in [0.717, 1.165) is 34.7 Å². The number of pyridine rings is 1. The molecule has 0 bridgehead atoms. The van der Waals surface area contributed by atoms with Crippen LogP contribution in [-0.2, 0) is 11.3 Å². The molecule has 0 saturated heterocycles. The molecule has 1 aliphatic rings. The molecule has 0 aliphatic heterocycles. The minimum absolute atomic E-state index is 0.222. The molecule has 3 nitrogen and oxygen atoms in total. The first kappa shape index (κ1) is 14.3. The van der Waals surface area contributed by atoms with Crippen molar-refractivity contribution in [2.24, 2.45) is 5.92 Å². The van der Waals surface area contributed by atoms with Crippen LogP contribution in [0.5, 0.6) is 0 Å². The lowest BCUT2D eigenvalue weighted by Crippen LogP contribution is -2.19. The van der Waals surface area contributed by atoms with Gasteiger partial charge in [0.25, 0.3) is 0 Å².